The summed E-state index contributed by atoms with van der Waals surface area (Å²) in [6, 6.07) is 30.9. The van der Waals surface area contributed by atoms with Gasteiger partial charge in [0, 0.05) is 41.8 Å². The maximum absolute atomic E-state index is 3.79. The van der Waals surface area contributed by atoms with E-state index in [-0.39, 0.29) is 0 Å². The Balaban J connectivity index is 1.86. The first-order chi connectivity index (χ1) is 13.9. The number of hydrogen-bond donors (Lipinski definition) is 1. The van der Waals surface area contributed by atoms with Gasteiger partial charge in [-0.25, -0.2) is 0 Å². The van der Waals surface area contributed by atoms with Crippen molar-refractivity contribution in [3.8, 4) is 0 Å². The molecule has 0 unspecified atom stereocenters. The summed E-state index contributed by atoms with van der Waals surface area (Å²) in [5.74, 6) is 0. The normalized spacial score (nSPS) is 12.3. The monoisotopic (exact) mass is 373 g/mol. The molecule has 0 aliphatic carbocycles. The van der Waals surface area contributed by atoms with Gasteiger partial charge in [0.25, 0.3) is 0 Å². The van der Waals surface area contributed by atoms with Crippen molar-refractivity contribution in [2.24, 2.45) is 0 Å². The van der Waals surface area contributed by atoms with Crippen molar-refractivity contribution in [1.29, 1.82) is 0 Å². The van der Waals surface area contributed by atoms with Crippen LogP contribution in [-0.2, 0) is 0 Å². The largest absolute Gasteiger partial charge is 0.354 e. The van der Waals surface area contributed by atoms with Crippen molar-refractivity contribution in [2.75, 3.05) is 0 Å². The molecule has 7 aromatic rings. The maximum Gasteiger partial charge on any atom is 0.0565 e. The first kappa shape index (κ1) is 14.7. The second-order valence-corrected chi connectivity index (χ2v) is 8.52. The van der Waals surface area contributed by atoms with Gasteiger partial charge in [-0.3, -0.25) is 0 Å². The lowest BCUT2D eigenvalue weighted by Crippen LogP contribution is -1.77. The molecule has 0 saturated carbocycles. The Kier molecular flexibility index (Phi) is 2.68. The fourth-order valence-corrected chi connectivity index (χ4v) is 5.98. The molecule has 0 amide bonds. The highest BCUT2D eigenvalue weighted by atomic mass is 32.1. The number of thiophene rings is 1. The molecule has 2 heterocycles. The molecular weight excluding hydrogens is 358 g/mol. The highest BCUT2D eigenvalue weighted by Crippen LogP contribution is 2.45. The molecule has 0 aliphatic heterocycles. The van der Waals surface area contributed by atoms with Crippen LogP contribution in [0.15, 0.2) is 84.9 Å². The van der Waals surface area contributed by atoms with Crippen molar-refractivity contribution >= 4 is 74.9 Å². The highest BCUT2D eigenvalue weighted by Gasteiger charge is 2.17. The summed E-state index contributed by atoms with van der Waals surface area (Å²) in [6.07, 6.45) is 0. The fourth-order valence-electron chi connectivity index (χ4n) is 4.73. The third kappa shape index (κ3) is 1.76. The molecule has 2 heteroatoms. The van der Waals surface area contributed by atoms with E-state index in [1.165, 1.54) is 63.5 Å². The van der Waals surface area contributed by atoms with Crippen LogP contribution >= 0.6 is 11.3 Å². The predicted molar refractivity (Wildman–Crippen MR) is 124 cm³/mol. The van der Waals surface area contributed by atoms with Crippen molar-refractivity contribution < 1.29 is 0 Å². The van der Waals surface area contributed by atoms with E-state index in [1.807, 2.05) is 11.3 Å². The Morgan fingerprint density at radius 3 is 2.11 bits per heavy atom. The number of benzene rings is 5. The smallest absolute Gasteiger partial charge is 0.0565 e. The second-order valence-electron chi connectivity index (χ2n) is 7.47. The van der Waals surface area contributed by atoms with Crippen LogP contribution in [0.4, 0.5) is 0 Å². The van der Waals surface area contributed by atoms with Crippen LogP contribution in [0, 0.1) is 0 Å². The molecule has 0 atom stereocenters. The summed E-state index contributed by atoms with van der Waals surface area (Å²) < 4.78 is 2.72. The molecule has 7 rings (SSSR count). The zero-order valence-corrected chi connectivity index (χ0v) is 15.8. The van der Waals surface area contributed by atoms with Crippen LogP contribution in [0.3, 0.4) is 0 Å². The lowest BCUT2D eigenvalue weighted by Gasteiger charge is -2.04. The van der Waals surface area contributed by atoms with Crippen LogP contribution in [-0.4, -0.2) is 4.98 Å². The minimum Gasteiger partial charge on any atom is -0.354 e. The van der Waals surface area contributed by atoms with Gasteiger partial charge in [0.1, 0.15) is 0 Å². The summed E-state index contributed by atoms with van der Waals surface area (Å²) in [4.78, 5) is 3.79. The maximum atomic E-state index is 3.79. The predicted octanol–water partition coefficient (Wildman–Crippen LogP) is 8.00. The second kappa shape index (κ2) is 5.12. The molecule has 2 aromatic heterocycles. The summed E-state index contributed by atoms with van der Waals surface area (Å²) in [6.45, 7) is 0. The highest BCUT2D eigenvalue weighted by molar-refractivity contribution is 7.27. The number of aromatic nitrogens is 1. The molecule has 1 nitrogen and oxygen atoms in total. The van der Waals surface area contributed by atoms with Gasteiger partial charge in [0.05, 0.1) is 5.52 Å². The van der Waals surface area contributed by atoms with Crippen molar-refractivity contribution in [3.63, 3.8) is 0 Å². The van der Waals surface area contributed by atoms with Gasteiger partial charge in [0.15, 0.2) is 0 Å². The molecule has 0 bridgehead atoms. The van der Waals surface area contributed by atoms with E-state index in [9.17, 15) is 0 Å². The third-order valence-electron chi connectivity index (χ3n) is 5.95. The van der Waals surface area contributed by atoms with Crippen LogP contribution in [0.25, 0.3) is 63.5 Å². The van der Waals surface area contributed by atoms with E-state index in [0.717, 1.165) is 0 Å². The third-order valence-corrected chi connectivity index (χ3v) is 7.16. The first-order valence-corrected chi connectivity index (χ1v) is 10.4. The summed E-state index contributed by atoms with van der Waals surface area (Å²) in [5, 5.41) is 10.6. The first-order valence-electron chi connectivity index (χ1n) is 9.54. The molecule has 0 aliphatic rings. The number of fused-ring (bicyclic) bond motifs is 11. The average molecular weight is 373 g/mol. The minimum atomic E-state index is 1.21. The minimum absolute atomic E-state index is 1.21. The van der Waals surface area contributed by atoms with Crippen LogP contribution in [0.5, 0.6) is 0 Å². The quantitative estimate of drug-likeness (QED) is 0.277. The number of H-pyrrole nitrogens is 1. The van der Waals surface area contributed by atoms with Crippen molar-refractivity contribution in [3.05, 3.63) is 84.9 Å². The zero-order chi connectivity index (χ0) is 18.2. The molecule has 5 aromatic carbocycles. The zero-order valence-electron chi connectivity index (χ0n) is 15.0. The van der Waals surface area contributed by atoms with Crippen LogP contribution in [0.1, 0.15) is 0 Å². The lowest BCUT2D eigenvalue weighted by molar-refractivity contribution is 1.58. The van der Waals surface area contributed by atoms with Crippen LogP contribution in [0.2, 0.25) is 0 Å². The summed E-state index contributed by atoms with van der Waals surface area (Å²) in [7, 11) is 0. The van der Waals surface area contributed by atoms with E-state index >= 15 is 0 Å². The molecule has 130 valence electrons. The molecule has 0 saturated heterocycles. The van der Waals surface area contributed by atoms with Crippen molar-refractivity contribution in [2.45, 2.75) is 0 Å². The lowest BCUT2D eigenvalue weighted by atomic mass is 9.99. The van der Waals surface area contributed by atoms with Crippen molar-refractivity contribution in [1.82, 2.24) is 4.98 Å². The van der Waals surface area contributed by atoms with Crippen LogP contribution < -0.4 is 0 Å². The summed E-state index contributed by atoms with van der Waals surface area (Å²) >= 11 is 1.90. The van der Waals surface area contributed by atoms with Gasteiger partial charge in [-0.05, 0) is 34.4 Å². The SMILES string of the molecule is c1ccc2cc3c(cc2c1)[nH]c1c3c2ccccc2c2sc3ccccc3c12. The molecule has 0 fully saturated rings. The number of aromatic amines is 1. The summed E-state index contributed by atoms with van der Waals surface area (Å²) in [5.41, 5.74) is 2.47. The molecular formula is C26H15NS. The number of hydrogen-bond acceptors (Lipinski definition) is 1. The van der Waals surface area contributed by atoms with Gasteiger partial charge in [-0.2, -0.15) is 0 Å². The standard InChI is InChI=1S/C26H15NS/c1-2-8-16-14-21-20(13-15(16)7-1)23-17-9-3-4-10-18(17)26-24(25(23)27-21)19-11-5-6-12-22(19)28-26/h1-14,27H. The van der Waals surface area contributed by atoms with E-state index < -0.39 is 0 Å². The Labute approximate surface area is 164 Å². The molecule has 1 N–H and O–H groups in total. The number of rotatable bonds is 0. The van der Waals surface area contributed by atoms with E-state index in [0.29, 0.717) is 0 Å². The van der Waals surface area contributed by atoms with Gasteiger partial charge in [-0.1, -0.05) is 66.7 Å². The topological polar surface area (TPSA) is 15.8 Å². The van der Waals surface area contributed by atoms with E-state index in [4.69, 9.17) is 0 Å². The molecule has 0 spiro atoms. The van der Waals surface area contributed by atoms with Gasteiger partial charge >= 0.3 is 0 Å². The van der Waals surface area contributed by atoms with Gasteiger partial charge in [-0.15, -0.1) is 11.3 Å². The Bertz CT molecular complexity index is 1720. The Morgan fingerprint density at radius 1 is 0.571 bits per heavy atom. The van der Waals surface area contributed by atoms with Gasteiger partial charge in [0.2, 0.25) is 0 Å². The van der Waals surface area contributed by atoms with E-state index in [1.54, 1.807) is 0 Å². The average Bonchev–Trinajstić information content (AvgIpc) is 3.30. The Morgan fingerprint density at radius 2 is 1.25 bits per heavy atom. The molecule has 0 radical (unpaired) electrons. The van der Waals surface area contributed by atoms with E-state index in [2.05, 4.69) is 89.9 Å². The van der Waals surface area contributed by atoms with Gasteiger partial charge < -0.3 is 4.98 Å². The Hall–Kier alpha value is -3.36. The fraction of sp³-hybridized carbons (Fsp3) is 0. The molecule has 28 heavy (non-hydrogen) atoms. The number of nitrogens with one attached hydrogen (secondary N) is 1.